The number of sulfonamides is 1. The van der Waals surface area contributed by atoms with E-state index in [0.717, 1.165) is 9.87 Å². The largest absolute Gasteiger partial charge is 0.357 e. The lowest BCUT2D eigenvalue weighted by molar-refractivity contribution is -0.384. The topological polar surface area (TPSA) is 130 Å². The van der Waals surface area contributed by atoms with Gasteiger partial charge in [0, 0.05) is 37.2 Å². The van der Waals surface area contributed by atoms with Gasteiger partial charge in [-0.05, 0) is 47.5 Å². The number of hydrogen-bond acceptors (Lipinski definition) is 6. The normalized spacial score (nSPS) is 11.8. The summed E-state index contributed by atoms with van der Waals surface area (Å²) in [4.78, 5) is 39.4. The summed E-state index contributed by atoms with van der Waals surface area (Å²) < 4.78 is 28.7. The number of nitro groups is 1. The minimum atomic E-state index is -4.31. The second-order valence-corrected chi connectivity index (χ2v) is 11.9. The van der Waals surface area contributed by atoms with Crippen LogP contribution in [0.25, 0.3) is 0 Å². The van der Waals surface area contributed by atoms with Gasteiger partial charge in [-0.1, -0.05) is 72.3 Å². The zero-order valence-electron chi connectivity index (χ0n) is 23.2. The van der Waals surface area contributed by atoms with Gasteiger partial charge >= 0.3 is 0 Å². The number of carbonyl (C=O) groups excluding carboxylic acids is 2. The van der Waals surface area contributed by atoms with Crippen molar-refractivity contribution < 1.29 is 22.9 Å². The molecule has 4 aromatic carbocycles. The van der Waals surface area contributed by atoms with Crippen LogP contribution in [-0.2, 0) is 32.6 Å². The fraction of sp³-hybridized carbons (Fsp3) is 0.161. The van der Waals surface area contributed by atoms with Gasteiger partial charge < -0.3 is 10.2 Å². The Morgan fingerprint density at radius 2 is 1.49 bits per heavy atom. The number of halogens is 1. The molecule has 43 heavy (non-hydrogen) atoms. The van der Waals surface area contributed by atoms with Crippen LogP contribution in [0.15, 0.2) is 114 Å². The molecule has 4 rings (SSSR count). The first kappa shape index (κ1) is 31.2. The van der Waals surface area contributed by atoms with Crippen molar-refractivity contribution >= 4 is 44.8 Å². The monoisotopic (exact) mass is 620 g/mol. The number of amides is 2. The highest BCUT2D eigenvalue weighted by Gasteiger charge is 2.34. The van der Waals surface area contributed by atoms with Crippen molar-refractivity contribution in [3.63, 3.8) is 0 Å². The predicted molar refractivity (Wildman–Crippen MR) is 164 cm³/mol. The summed E-state index contributed by atoms with van der Waals surface area (Å²) in [5.41, 5.74) is 1.24. The van der Waals surface area contributed by atoms with Crippen LogP contribution in [0, 0.1) is 10.1 Å². The molecule has 0 aliphatic carbocycles. The van der Waals surface area contributed by atoms with Crippen molar-refractivity contribution in [3.05, 3.63) is 135 Å². The minimum Gasteiger partial charge on any atom is -0.357 e. The molecule has 2 amide bonds. The smallest absolute Gasteiger partial charge is 0.269 e. The first-order chi connectivity index (χ1) is 20.6. The summed E-state index contributed by atoms with van der Waals surface area (Å²) in [5, 5.41) is 14.3. The number of nitro benzene ring substituents is 1. The molecule has 0 saturated carbocycles. The van der Waals surface area contributed by atoms with E-state index in [2.05, 4.69) is 5.32 Å². The molecule has 0 saturated heterocycles. The molecule has 4 aromatic rings. The van der Waals surface area contributed by atoms with E-state index in [1.54, 1.807) is 42.5 Å². The van der Waals surface area contributed by atoms with Crippen LogP contribution in [0.4, 0.5) is 11.4 Å². The van der Waals surface area contributed by atoms with Crippen LogP contribution in [0.3, 0.4) is 0 Å². The molecule has 0 heterocycles. The van der Waals surface area contributed by atoms with E-state index in [0.29, 0.717) is 10.6 Å². The Morgan fingerprint density at radius 1 is 0.884 bits per heavy atom. The third-order valence-electron chi connectivity index (χ3n) is 6.72. The molecule has 1 N–H and O–H groups in total. The average Bonchev–Trinajstić information content (AvgIpc) is 3.02. The molecule has 0 aliphatic rings. The number of anilines is 1. The Hall–Kier alpha value is -4.74. The molecule has 0 bridgehead atoms. The molecule has 0 aromatic heterocycles. The van der Waals surface area contributed by atoms with Gasteiger partial charge in [0.1, 0.15) is 12.6 Å². The Morgan fingerprint density at radius 3 is 2.07 bits per heavy atom. The summed E-state index contributed by atoms with van der Waals surface area (Å²) >= 11 is 6.22. The minimum absolute atomic E-state index is 0.0379. The van der Waals surface area contributed by atoms with Gasteiger partial charge in [0.15, 0.2) is 0 Å². The van der Waals surface area contributed by atoms with E-state index in [9.17, 15) is 28.1 Å². The number of nitrogens with one attached hydrogen (secondary N) is 1. The Balaban J connectivity index is 1.79. The molecule has 0 radical (unpaired) electrons. The number of hydrogen-bond donors (Lipinski definition) is 1. The number of rotatable bonds is 12. The maximum atomic E-state index is 14.2. The fourth-order valence-corrected chi connectivity index (χ4v) is 6.19. The van der Waals surface area contributed by atoms with Gasteiger partial charge in [-0.2, -0.15) is 0 Å². The second kappa shape index (κ2) is 14.0. The third kappa shape index (κ3) is 7.76. The maximum Gasteiger partial charge on any atom is 0.269 e. The lowest BCUT2D eigenvalue weighted by Crippen LogP contribution is -2.53. The molecule has 0 spiro atoms. The number of non-ortho nitro benzene ring substituents is 1. The highest BCUT2D eigenvalue weighted by Crippen LogP contribution is 2.27. The van der Waals surface area contributed by atoms with E-state index in [4.69, 9.17) is 11.6 Å². The summed E-state index contributed by atoms with van der Waals surface area (Å²) in [6.07, 6.45) is 0.162. The van der Waals surface area contributed by atoms with E-state index in [1.807, 2.05) is 30.3 Å². The predicted octanol–water partition coefficient (Wildman–Crippen LogP) is 4.83. The first-order valence-corrected chi connectivity index (χ1v) is 15.0. The summed E-state index contributed by atoms with van der Waals surface area (Å²) in [7, 11) is -2.85. The van der Waals surface area contributed by atoms with Crippen LogP contribution in [-0.4, -0.2) is 49.7 Å². The van der Waals surface area contributed by atoms with E-state index in [1.165, 1.54) is 48.3 Å². The average molecular weight is 621 g/mol. The van der Waals surface area contributed by atoms with Crippen molar-refractivity contribution in [2.24, 2.45) is 0 Å². The molecule has 12 heteroatoms. The SMILES string of the molecule is CNC(=O)C(Cc1ccccc1)N(Cc1cccc(Cl)c1)C(=O)CN(c1ccc([N+](=O)[O-])cc1)S(=O)(=O)c1ccccc1. The van der Waals surface area contributed by atoms with Gasteiger partial charge in [-0.15, -0.1) is 0 Å². The second-order valence-electron chi connectivity index (χ2n) is 9.57. The zero-order chi connectivity index (χ0) is 31.0. The molecular formula is C31H29ClN4O6S. The Bertz CT molecular complexity index is 1690. The van der Waals surface area contributed by atoms with Crippen molar-refractivity contribution in [2.45, 2.75) is 23.9 Å². The molecule has 0 aliphatic heterocycles. The standard InChI is InChI=1S/C31H29ClN4O6S/c1-33-31(38)29(20-23-9-4-2-5-10-23)34(21-24-11-8-12-25(32)19-24)30(37)22-35(26-15-17-27(18-16-26)36(39)40)43(41,42)28-13-6-3-7-14-28/h2-19,29H,20-22H2,1H3,(H,33,38). The van der Waals surface area contributed by atoms with E-state index in [-0.39, 0.29) is 29.2 Å². The first-order valence-electron chi connectivity index (χ1n) is 13.2. The van der Waals surface area contributed by atoms with Crippen molar-refractivity contribution in [2.75, 3.05) is 17.9 Å². The van der Waals surface area contributed by atoms with Crippen molar-refractivity contribution in [1.82, 2.24) is 10.2 Å². The van der Waals surface area contributed by atoms with Gasteiger partial charge in [0.25, 0.3) is 15.7 Å². The quantitative estimate of drug-likeness (QED) is 0.178. The van der Waals surface area contributed by atoms with Gasteiger partial charge in [0.2, 0.25) is 11.8 Å². The summed E-state index contributed by atoms with van der Waals surface area (Å²) in [6, 6.07) is 27.4. The number of benzene rings is 4. The van der Waals surface area contributed by atoms with Crippen LogP contribution in [0.2, 0.25) is 5.02 Å². The van der Waals surface area contributed by atoms with Crippen LogP contribution < -0.4 is 9.62 Å². The molecule has 0 fully saturated rings. The molecule has 1 unspecified atom stereocenters. The van der Waals surface area contributed by atoms with Gasteiger partial charge in [-0.3, -0.25) is 24.0 Å². The zero-order valence-corrected chi connectivity index (χ0v) is 24.7. The van der Waals surface area contributed by atoms with Gasteiger partial charge in [-0.25, -0.2) is 8.42 Å². The molecule has 222 valence electrons. The Kier molecular flexibility index (Phi) is 10.1. The number of carbonyl (C=O) groups is 2. The fourth-order valence-electron chi connectivity index (χ4n) is 4.54. The highest BCUT2D eigenvalue weighted by atomic mass is 35.5. The van der Waals surface area contributed by atoms with Crippen LogP contribution in [0.5, 0.6) is 0 Å². The molecule has 1 atom stereocenters. The number of nitrogens with zero attached hydrogens (tertiary/aromatic N) is 3. The van der Waals surface area contributed by atoms with E-state index < -0.39 is 39.3 Å². The third-order valence-corrected chi connectivity index (χ3v) is 8.74. The Labute approximate surface area is 254 Å². The van der Waals surface area contributed by atoms with Crippen molar-refractivity contribution in [1.29, 1.82) is 0 Å². The maximum absolute atomic E-state index is 14.2. The highest BCUT2D eigenvalue weighted by molar-refractivity contribution is 7.92. The molecular weight excluding hydrogens is 592 g/mol. The van der Waals surface area contributed by atoms with Crippen molar-refractivity contribution in [3.8, 4) is 0 Å². The van der Waals surface area contributed by atoms with Gasteiger partial charge in [0.05, 0.1) is 15.5 Å². The lowest BCUT2D eigenvalue weighted by atomic mass is 10.0. The lowest BCUT2D eigenvalue weighted by Gasteiger charge is -2.33. The summed E-state index contributed by atoms with van der Waals surface area (Å²) in [5.74, 6) is -1.10. The number of likely N-dealkylation sites (N-methyl/N-ethyl adjacent to an activating group) is 1. The summed E-state index contributed by atoms with van der Waals surface area (Å²) in [6.45, 7) is -0.721. The van der Waals surface area contributed by atoms with Crippen LogP contribution >= 0.6 is 11.6 Å². The molecule has 10 nitrogen and oxygen atoms in total. The van der Waals surface area contributed by atoms with Crippen LogP contribution in [0.1, 0.15) is 11.1 Å². The van der Waals surface area contributed by atoms with E-state index >= 15 is 0 Å².